The zero-order valence-corrected chi connectivity index (χ0v) is 20.8. The summed E-state index contributed by atoms with van der Waals surface area (Å²) in [5.41, 5.74) is 3.34. The van der Waals surface area contributed by atoms with E-state index < -0.39 is 0 Å². The Bertz CT molecular complexity index is 1330. The van der Waals surface area contributed by atoms with Crippen LogP contribution in [0, 0.1) is 18.3 Å². The molecule has 10 nitrogen and oxygen atoms in total. The number of anilines is 1. The first kappa shape index (κ1) is 25.0. The number of amides is 2. The molecule has 0 radical (unpaired) electrons. The molecule has 0 atom stereocenters. The number of nitrogens with zero attached hydrogens (tertiary/aromatic N) is 5. The number of rotatable bonds is 5. The minimum atomic E-state index is -0.357. The fraction of sp³-hybridized carbons (Fsp3) is 0.385. The third-order valence-corrected chi connectivity index (χ3v) is 6.04. The number of pyridine rings is 1. The molecule has 0 spiro atoms. The number of aryl methyl sites for hydroxylation is 1. The Morgan fingerprint density at radius 2 is 1.89 bits per heavy atom. The molecule has 0 unspecified atom stereocenters. The normalized spacial score (nSPS) is 14.2. The van der Waals surface area contributed by atoms with Gasteiger partial charge in [-0.3, -0.25) is 14.6 Å². The number of nitrogens with one attached hydrogen (secondary N) is 2. The van der Waals surface area contributed by atoms with Crippen LogP contribution >= 0.6 is 0 Å². The van der Waals surface area contributed by atoms with Gasteiger partial charge in [0.25, 0.3) is 11.8 Å². The minimum absolute atomic E-state index is 0.0525. The summed E-state index contributed by atoms with van der Waals surface area (Å²) >= 11 is 0. The Morgan fingerprint density at radius 1 is 1.14 bits per heavy atom. The molecule has 2 aromatic heterocycles. The molecule has 1 aromatic carbocycles. The highest BCUT2D eigenvalue weighted by atomic mass is 16.5. The topological polar surface area (TPSA) is 135 Å². The number of aromatic nitrogens is 4. The molecule has 10 heteroatoms. The van der Waals surface area contributed by atoms with Crippen LogP contribution in [-0.2, 0) is 10.2 Å². The van der Waals surface area contributed by atoms with E-state index in [2.05, 4.69) is 32.0 Å². The van der Waals surface area contributed by atoms with E-state index in [1.54, 1.807) is 37.4 Å². The molecule has 1 fully saturated rings. The van der Waals surface area contributed by atoms with Gasteiger partial charge in [0.1, 0.15) is 0 Å². The van der Waals surface area contributed by atoms with Crippen LogP contribution in [-0.4, -0.2) is 51.0 Å². The van der Waals surface area contributed by atoms with Gasteiger partial charge < -0.3 is 15.4 Å². The summed E-state index contributed by atoms with van der Waals surface area (Å²) in [5.74, 6) is -0.653. The number of hydrogen-bond donors (Lipinski definition) is 2. The Labute approximate surface area is 209 Å². The molecular formula is C26H29N7O3. The molecule has 0 saturated carbocycles. The number of benzene rings is 1. The number of ether oxygens (including phenoxy) is 1. The van der Waals surface area contributed by atoms with Crippen LogP contribution < -0.4 is 10.6 Å². The van der Waals surface area contributed by atoms with Crippen molar-refractivity contribution >= 4 is 17.5 Å². The van der Waals surface area contributed by atoms with E-state index in [-0.39, 0.29) is 29.0 Å². The fourth-order valence-corrected chi connectivity index (χ4v) is 3.87. The second-order valence-corrected chi connectivity index (χ2v) is 9.85. The lowest BCUT2D eigenvalue weighted by Crippen LogP contribution is -2.39. The lowest BCUT2D eigenvalue weighted by molar-refractivity contribution is 0.0694. The maximum Gasteiger partial charge on any atom is 0.273 e. The average Bonchev–Trinajstić information content (AvgIpc) is 3.35. The van der Waals surface area contributed by atoms with E-state index in [1.165, 1.54) is 10.9 Å². The first-order valence-corrected chi connectivity index (χ1v) is 11.8. The lowest BCUT2D eigenvalue weighted by atomic mass is 9.85. The average molecular weight is 488 g/mol. The molecule has 1 aliphatic rings. The van der Waals surface area contributed by atoms with Gasteiger partial charge in [0.05, 0.1) is 41.1 Å². The molecule has 2 amide bonds. The van der Waals surface area contributed by atoms with E-state index >= 15 is 0 Å². The first-order chi connectivity index (χ1) is 17.1. The Balaban J connectivity index is 1.53. The zero-order chi connectivity index (χ0) is 25.9. The first-order valence-electron chi connectivity index (χ1n) is 11.8. The third-order valence-electron chi connectivity index (χ3n) is 6.04. The Morgan fingerprint density at radius 3 is 2.58 bits per heavy atom. The maximum atomic E-state index is 13.0. The van der Waals surface area contributed by atoms with Crippen molar-refractivity contribution < 1.29 is 14.3 Å². The second kappa shape index (κ2) is 10.3. The Kier molecular flexibility index (Phi) is 7.12. The van der Waals surface area contributed by atoms with Crippen LogP contribution in [0.1, 0.15) is 71.3 Å². The summed E-state index contributed by atoms with van der Waals surface area (Å²) in [7, 11) is 0. The van der Waals surface area contributed by atoms with Crippen molar-refractivity contribution in [1.82, 2.24) is 25.3 Å². The summed E-state index contributed by atoms with van der Waals surface area (Å²) in [6.45, 7) is 9.13. The molecule has 0 bridgehead atoms. The molecule has 186 valence electrons. The summed E-state index contributed by atoms with van der Waals surface area (Å²) in [5, 5.41) is 23.3. The highest BCUT2D eigenvalue weighted by Crippen LogP contribution is 2.25. The second-order valence-electron chi connectivity index (χ2n) is 9.85. The van der Waals surface area contributed by atoms with Gasteiger partial charge in [-0.2, -0.15) is 5.26 Å². The van der Waals surface area contributed by atoms with E-state index in [0.29, 0.717) is 41.4 Å². The smallest absolute Gasteiger partial charge is 0.273 e. The van der Waals surface area contributed by atoms with Crippen molar-refractivity contribution in [3.05, 3.63) is 64.7 Å². The predicted molar refractivity (Wildman–Crippen MR) is 133 cm³/mol. The molecule has 3 aromatic rings. The highest BCUT2D eigenvalue weighted by molar-refractivity contribution is 6.04. The van der Waals surface area contributed by atoms with Crippen LogP contribution in [0.3, 0.4) is 0 Å². The molecule has 2 N–H and O–H groups in total. The van der Waals surface area contributed by atoms with Crippen LogP contribution in [0.4, 0.5) is 5.69 Å². The van der Waals surface area contributed by atoms with E-state index in [4.69, 9.17) is 4.74 Å². The van der Waals surface area contributed by atoms with Crippen molar-refractivity contribution in [1.29, 1.82) is 5.26 Å². The van der Waals surface area contributed by atoms with Gasteiger partial charge in [0, 0.05) is 24.8 Å². The standard InChI is InChI=1S/C26H29N7O3/c1-16-23(33-15-22(31-32-33)25(35)29-20-5-7-36-8-6-20)12-21(14-28-16)30-24(34)18-9-17(13-27)10-19(11-18)26(2,3)4/h9-12,14-15,20H,5-8H2,1-4H3,(H,29,35)(H,30,34). The van der Waals surface area contributed by atoms with Crippen molar-refractivity contribution in [2.75, 3.05) is 18.5 Å². The zero-order valence-electron chi connectivity index (χ0n) is 20.8. The summed E-state index contributed by atoms with van der Waals surface area (Å²) in [4.78, 5) is 30.0. The minimum Gasteiger partial charge on any atom is -0.381 e. The van der Waals surface area contributed by atoms with Gasteiger partial charge in [0.2, 0.25) is 0 Å². The summed E-state index contributed by atoms with van der Waals surface area (Å²) in [6, 6.07) is 9.04. The van der Waals surface area contributed by atoms with Crippen LogP contribution in [0.2, 0.25) is 0 Å². The van der Waals surface area contributed by atoms with Gasteiger partial charge in [-0.15, -0.1) is 5.10 Å². The summed E-state index contributed by atoms with van der Waals surface area (Å²) < 4.78 is 6.79. The fourth-order valence-electron chi connectivity index (χ4n) is 3.87. The molecule has 4 rings (SSSR count). The number of carbonyl (C=O) groups excluding carboxylic acids is 2. The maximum absolute atomic E-state index is 13.0. The highest BCUT2D eigenvalue weighted by Gasteiger charge is 2.21. The predicted octanol–water partition coefficient (Wildman–Crippen LogP) is 3.30. The van der Waals surface area contributed by atoms with Gasteiger partial charge in [-0.05, 0) is 55.0 Å². The number of hydrogen-bond acceptors (Lipinski definition) is 7. The SMILES string of the molecule is Cc1ncc(NC(=O)c2cc(C#N)cc(C(C)(C)C)c2)cc1-n1cc(C(=O)NC2CCOCC2)nn1. The van der Waals surface area contributed by atoms with Gasteiger partial charge in [-0.1, -0.05) is 26.0 Å². The molecule has 1 aliphatic heterocycles. The van der Waals surface area contributed by atoms with Crippen molar-refractivity contribution in [3.63, 3.8) is 0 Å². The van der Waals surface area contributed by atoms with Crippen molar-refractivity contribution in [3.8, 4) is 11.8 Å². The molecule has 36 heavy (non-hydrogen) atoms. The van der Waals surface area contributed by atoms with Gasteiger partial charge in [0.15, 0.2) is 5.69 Å². The monoisotopic (exact) mass is 487 g/mol. The van der Waals surface area contributed by atoms with E-state index in [0.717, 1.165) is 18.4 Å². The van der Waals surface area contributed by atoms with Crippen molar-refractivity contribution in [2.45, 2.75) is 52.0 Å². The van der Waals surface area contributed by atoms with E-state index in [1.807, 2.05) is 20.8 Å². The van der Waals surface area contributed by atoms with E-state index in [9.17, 15) is 14.9 Å². The third kappa shape index (κ3) is 5.75. The largest absolute Gasteiger partial charge is 0.381 e. The summed E-state index contributed by atoms with van der Waals surface area (Å²) in [6.07, 6.45) is 4.61. The number of nitriles is 1. The quantitative estimate of drug-likeness (QED) is 0.564. The Hall–Kier alpha value is -4.10. The molecule has 1 saturated heterocycles. The van der Waals surface area contributed by atoms with Crippen LogP contribution in [0.25, 0.3) is 5.69 Å². The molecule has 3 heterocycles. The van der Waals surface area contributed by atoms with Gasteiger partial charge >= 0.3 is 0 Å². The van der Waals surface area contributed by atoms with Gasteiger partial charge in [-0.25, -0.2) is 4.68 Å². The van der Waals surface area contributed by atoms with Crippen LogP contribution in [0.5, 0.6) is 0 Å². The molecular weight excluding hydrogens is 458 g/mol. The molecule has 0 aliphatic carbocycles. The van der Waals surface area contributed by atoms with Crippen LogP contribution in [0.15, 0.2) is 36.7 Å². The number of carbonyl (C=O) groups is 2. The van der Waals surface area contributed by atoms with Crippen molar-refractivity contribution in [2.24, 2.45) is 0 Å². The lowest BCUT2D eigenvalue weighted by Gasteiger charge is -2.22.